The first kappa shape index (κ1) is 22.6. The molecule has 0 aliphatic carbocycles. The Kier molecular flexibility index (Phi) is 8.93. The number of hydrogen-bond donors (Lipinski definition) is 8. The van der Waals surface area contributed by atoms with Crippen LogP contribution < -0.4 is 29.6 Å². The van der Waals surface area contributed by atoms with Gasteiger partial charge in [-0.1, -0.05) is 0 Å². The van der Waals surface area contributed by atoms with Crippen molar-refractivity contribution in [2.75, 3.05) is 13.2 Å². The number of rotatable bonds is 4. The van der Waals surface area contributed by atoms with Crippen molar-refractivity contribution in [3.63, 3.8) is 0 Å². The molecule has 2 aliphatic heterocycles. The number of hydrogen-bond acceptors (Lipinski definition) is 11. The summed E-state index contributed by atoms with van der Waals surface area (Å²) in [6.07, 6.45) is -15.6. The Morgan fingerprint density at radius 2 is 1.29 bits per heavy atom. The van der Waals surface area contributed by atoms with Crippen molar-refractivity contribution >= 4 is 0 Å². The first-order valence-electron chi connectivity index (χ1n) is 7.08. The van der Waals surface area contributed by atoms with Gasteiger partial charge in [-0.25, -0.2) is 0 Å². The maximum atomic E-state index is 9.94. The molecule has 0 aromatic heterocycles. The number of aliphatic hydroxyl groups is 8. The van der Waals surface area contributed by atoms with Crippen LogP contribution in [0.3, 0.4) is 0 Å². The molecule has 0 saturated carbocycles. The fourth-order valence-electron chi connectivity index (χ4n) is 2.57. The zero-order valence-electron chi connectivity index (χ0n) is 14.0. The average Bonchev–Trinajstić information content (AvgIpc) is 2.55. The molecular formula is C12H23NaO11. The molecule has 2 rings (SSSR count). The summed E-state index contributed by atoms with van der Waals surface area (Å²) in [5.74, 6) is 0. The molecule has 0 radical (unpaired) electrons. The SMILES string of the molecule is OC[C@H]1O[C@@H](O[C@H]2[C@H](O)[C@@H](O)[C@H](O)O[C@@H]2CO)[C@H](O)[C@@H](O)[C@H]1O.[H-].[Na+]. The minimum atomic E-state index is -1.74. The Hall–Kier alpha value is 0.560. The molecule has 0 bridgehead atoms. The summed E-state index contributed by atoms with van der Waals surface area (Å²) in [6, 6.07) is 0. The molecular weight excluding hydrogens is 343 g/mol. The summed E-state index contributed by atoms with van der Waals surface area (Å²) < 4.78 is 15.3. The largest absolute Gasteiger partial charge is 1.00 e. The van der Waals surface area contributed by atoms with Gasteiger partial charge in [-0.15, -0.1) is 0 Å². The van der Waals surface area contributed by atoms with E-state index in [0.717, 1.165) is 0 Å². The normalized spacial score (nSPS) is 49.5. The standard InChI is InChI=1S/C12H22O11.Na.H/c13-1-3-5(15)6(16)9(19)12(22-3)23-10-4(2-14)21-11(20)8(18)7(10)17;;/h3-20H,1-2H2;;/q;+1;-1/t3-,4-,5+,6+,7-,8-,9-,10-,11-,12+;;/m1../s1. The van der Waals surface area contributed by atoms with Gasteiger partial charge in [0.2, 0.25) is 0 Å². The zero-order valence-corrected chi connectivity index (χ0v) is 15.0. The number of aliphatic hydroxyl groups excluding tert-OH is 8. The van der Waals surface area contributed by atoms with E-state index in [4.69, 9.17) is 19.3 Å². The fourth-order valence-corrected chi connectivity index (χ4v) is 2.57. The minimum Gasteiger partial charge on any atom is -1.00 e. The predicted molar refractivity (Wildman–Crippen MR) is 69.7 cm³/mol. The van der Waals surface area contributed by atoms with Crippen molar-refractivity contribution in [3.8, 4) is 0 Å². The Bertz CT molecular complexity index is 390. The van der Waals surface area contributed by atoms with Gasteiger partial charge in [-0.2, -0.15) is 0 Å². The van der Waals surface area contributed by atoms with E-state index in [2.05, 4.69) is 0 Å². The van der Waals surface area contributed by atoms with Crippen LogP contribution in [0.5, 0.6) is 0 Å². The molecule has 12 heteroatoms. The molecule has 2 heterocycles. The molecule has 0 aromatic carbocycles. The Labute approximate surface area is 160 Å². The first-order chi connectivity index (χ1) is 10.8. The Morgan fingerprint density at radius 1 is 0.708 bits per heavy atom. The molecule has 0 spiro atoms. The van der Waals surface area contributed by atoms with Gasteiger partial charge in [-0.3, -0.25) is 0 Å². The molecule has 2 saturated heterocycles. The number of ether oxygens (including phenoxy) is 3. The third kappa shape index (κ3) is 4.45. The topological polar surface area (TPSA) is 190 Å². The van der Waals surface area contributed by atoms with Crippen LogP contribution in [0, 0.1) is 0 Å². The predicted octanol–water partition coefficient (Wildman–Crippen LogP) is -8.28. The fraction of sp³-hybridized carbons (Fsp3) is 1.00. The van der Waals surface area contributed by atoms with Crippen LogP contribution in [-0.2, 0) is 14.2 Å². The average molecular weight is 366 g/mol. The Balaban J connectivity index is 0.00000288. The van der Waals surface area contributed by atoms with Crippen molar-refractivity contribution in [2.24, 2.45) is 0 Å². The molecule has 11 nitrogen and oxygen atoms in total. The van der Waals surface area contributed by atoms with E-state index >= 15 is 0 Å². The molecule has 8 N–H and O–H groups in total. The third-order valence-electron chi connectivity index (χ3n) is 3.98. The van der Waals surface area contributed by atoms with Gasteiger partial charge in [0, 0.05) is 0 Å². The van der Waals surface area contributed by atoms with Crippen LogP contribution in [0.4, 0.5) is 0 Å². The van der Waals surface area contributed by atoms with Crippen molar-refractivity contribution < 1.29 is 86.0 Å². The van der Waals surface area contributed by atoms with E-state index in [-0.39, 0.29) is 31.0 Å². The summed E-state index contributed by atoms with van der Waals surface area (Å²) in [4.78, 5) is 0. The Morgan fingerprint density at radius 3 is 1.83 bits per heavy atom. The molecule has 10 atom stereocenters. The molecule has 2 fully saturated rings. The van der Waals surface area contributed by atoms with E-state index in [1.165, 1.54) is 0 Å². The van der Waals surface area contributed by atoms with Gasteiger partial charge < -0.3 is 56.5 Å². The van der Waals surface area contributed by atoms with Crippen molar-refractivity contribution in [1.29, 1.82) is 0 Å². The summed E-state index contributed by atoms with van der Waals surface area (Å²) in [5.41, 5.74) is 0. The summed E-state index contributed by atoms with van der Waals surface area (Å²) in [7, 11) is 0. The summed E-state index contributed by atoms with van der Waals surface area (Å²) >= 11 is 0. The van der Waals surface area contributed by atoms with Gasteiger partial charge in [0.1, 0.15) is 48.8 Å². The maximum absolute atomic E-state index is 9.94. The van der Waals surface area contributed by atoms with Gasteiger partial charge in [0.25, 0.3) is 0 Å². The molecule has 2 aliphatic rings. The van der Waals surface area contributed by atoms with Gasteiger partial charge in [0.05, 0.1) is 13.2 Å². The van der Waals surface area contributed by atoms with Crippen LogP contribution in [0.2, 0.25) is 0 Å². The van der Waals surface area contributed by atoms with Crippen LogP contribution in [0.1, 0.15) is 1.43 Å². The minimum absolute atomic E-state index is 0. The summed E-state index contributed by atoms with van der Waals surface area (Å²) in [5, 5.41) is 76.5. The van der Waals surface area contributed by atoms with Crippen molar-refractivity contribution in [3.05, 3.63) is 0 Å². The van der Waals surface area contributed by atoms with Gasteiger partial charge in [-0.05, 0) is 0 Å². The molecule has 0 aromatic rings. The van der Waals surface area contributed by atoms with Crippen LogP contribution in [-0.4, -0.2) is 115 Å². The second kappa shape index (κ2) is 9.48. The monoisotopic (exact) mass is 366 g/mol. The second-order valence-corrected chi connectivity index (χ2v) is 5.53. The van der Waals surface area contributed by atoms with Gasteiger partial charge >= 0.3 is 29.6 Å². The van der Waals surface area contributed by atoms with E-state index in [9.17, 15) is 35.7 Å². The molecule has 0 unspecified atom stereocenters. The second-order valence-electron chi connectivity index (χ2n) is 5.53. The van der Waals surface area contributed by atoms with E-state index < -0.39 is 74.6 Å². The van der Waals surface area contributed by atoms with E-state index in [1.54, 1.807) is 0 Å². The van der Waals surface area contributed by atoms with E-state index in [1.807, 2.05) is 0 Å². The van der Waals surface area contributed by atoms with Crippen LogP contribution in [0.25, 0.3) is 0 Å². The molecule has 138 valence electrons. The zero-order chi connectivity index (χ0) is 17.3. The summed E-state index contributed by atoms with van der Waals surface area (Å²) in [6.45, 7) is -1.35. The van der Waals surface area contributed by atoms with Crippen molar-refractivity contribution in [2.45, 2.75) is 61.4 Å². The van der Waals surface area contributed by atoms with Crippen molar-refractivity contribution in [1.82, 2.24) is 0 Å². The first-order valence-corrected chi connectivity index (χ1v) is 7.08. The molecule has 0 amide bonds. The molecule has 24 heavy (non-hydrogen) atoms. The van der Waals surface area contributed by atoms with E-state index in [0.29, 0.717) is 0 Å². The third-order valence-corrected chi connectivity index (χ3v) is 3.98. The van der Waals surface area contributed by atoms with Gasteiger partial charge in [0.15, 0.2) is 12.6 Å². The smallest absolute Gasteiger partial charge is 1.00 e. The maximum Gasteiger partial charge on any atom is 1.00 e. The van der Waals surface area contributed by atoms with Crippen LogP contribution >= 0.6 is 0 Å². The van der Waals surface area contributed by atoms with Crippen LogP contribution in [0.15, 0.2) is 0 Å². The quantitative estimate of drug-likeness (QED) is 0.221.